The molecule has 19 heavy (non-hydrogen) atoms. The van der Waals surface area contributed by atoms with Crippen molar-refractivity contribution in [2.24, 2.45) is 0 Å². The van der Waals surface area contributed by atoms with Crippen LogP contribution in [0.4, 0.5) is 0 Å². The fourth-order valence-electron chi connectivity index (χ4n) is 2.95. The van der Waals surface area contributed by atoms with Crippen molar-refractivity contribution in [1.29, 1.82) is 0 Å². The Bertz CT molecular complexity index is 309. The lowest BCUT2D eigenvalue weighted by Crippen LogP contribution is -2.57. The average Bonchev–Trinajstić information content (AvgIpc) is 2.27. The number of rotatable bonds is 6. The van der Waals surface area contributed by atoms with Gasteiger partial charge < -0.3 is 9.84 Å². The number of morpholine rings is 1. The average molecular weight is 272 g/mol. The fourth-order valence-corrected chi connectivity index (χ4v) is 2.95. The lowest BCUT2D eigenvalue weighted by molar-refractivity contribution is -0.145. The summed E-state index contributed by atoms with van der Waals surface area (Å²) in [4.78, 5) is 13.9. The van der Waals surface area contributed by atoms with Gasteiger partial charge in [-0.15, -0.1) is 0 Å². The van der Waals surface area contributed by atoms with E-state index in [1.807, 2.05) is 13.8 Å². The van der Waals surface area contributed by atoms with Gasteiger partial charge in [-0.3, -0.25) is 15.0 Å². The van der Waals surface area contributed by atoms with Crippen molar-refractivity contribution in [3.63, 3.8) is 0 Å². The summed E-state index contributed by atoms with van der Waals surface area (Å²) in [5.41, 5.74) is -0.883. The second kappa shape index (κ2) is 6.68. The van der Waals surface area contributed by atoms with E-state index in [0.29, 0.717) is 12.5 Å². The zero-order valence-electron chi connectivity index (χ0n) is 12.8. The van der Waals surface area contributed by atoms with E-state index in [1.54, 1.807) is 6.92 Å². The Hall–Kier alpha value is -0.650. The molecule has 1 rings (SSSR count). The first-order valence-corrected chi connectivity index (χ1v) is 7.11. The van der Waals surface area contributed by atoms with E-state index in [2.05, 4.69) is 24.1 Å². The molecule has 1 aliphatic rings. The van der Waals surface area contributed by atoms with Crippen molar-refractivity contribution >= 4 is 5.97 Å². The van der Waals surface area contributed by atoms with Crippen molar-refractivity contribution in [2.75, 3.05) is 19.8 Å². The number of carboxylic acid groups (broad SMARTS) is 1. The largest absolute Gasteiger partial charge is 0.480 e. The van der Waals surface area contributed by atoms with Gasteiger partial charge in [0.05, 0.1) is 13.2 Å². The summed E-state index contributed by atoms with van der Waals surface area (Å²) in [5, 5.41) is 12.7. The summed E-state index contributed by atoms with van der Waals surface area (Å²) >= 11 is 0. The molecule has 5 nitrogen and oxygen atoms in total. The number of ether oxygens (including phenoxy) is 1. The van der Waals surface area contributed by atoms with Gasteiger partial charge in [0.1, 0.15) is 5.54 Å². The molecule has 0 radical (unpaired) electrons. The standard InChI is InChI=1S/C14H28N2O3/c1-10(2)15-14(5,13(17)18)8-11(3)16-6-7-19-9-12(16)4/h10-12,15H,6-9H2,1-5H3,(H,17,18). The van der Waals surface area contributed by atoms with Gasteiger partial charge in [0.15, 0.2) is 0 Å². The van der Waals surface area contributed by atoms with Crippen LogP contribution in [0.5, 0.6) is 0 Å². The summed E-state index contributed by atoms with van der Waals surface area (Å²) in [6.45, 7) is 12.3. The molecule has 0 aromatic rings. The summed E-state index contributed by atoms with van der Waals surface area (Å²) in [5.74, 6) is -0.783. The van der Waals surface area contributed by atoms with Gasteiger partial charge in [-0.1, -0.05) is 0 Å². The molecule has 0 amide bonds. The maximum Gasteiger partial charge on any atom is 0.323 e. The van der Waals surface area contributed by atoms with Gasteiger partial charge in [-0.2, -0.15) is 0 Å². The van der Waals surface area contributed by atoms with Crippen LogP contribution in [0.2, 0.25) is 0 Å². The fraction of sp³-hybridized carbons (Fsp3) is 0.929. The second-order valence-electron chi connectivity index (χ2n) is 6.15. The van der Waals surface area contributed by atoms with Crippen molar-refractivity contribution in [3.8, 4) is 0 Å². The van der Waals surface area contributed by atoms with Gasteiger partial charge in [-0.25, -0.2) is 0 Å². The van der Waals surface area contributed by atoms with E-state index >= 15 is 0 Å². The smallest absolute Gasteiger partial charge is 0.323 e. The predicted octanol–water partition coefficient (Wildman–Crippen LogP) is 1.33. The SMILES string of the molecule is CC(C)NC(C)(CC(C)N1CCOCC1C)C(=O)O. The molecule has 0 aromatic heterocycles. The van der Waals surface area contributed by atoms with Crippen molar-refractivity contribution in [3.05, 3.63) is 0 Å². The van der Waals surface area contributed by atoms with Gasteiger partial charge in [0.2, 0.25) is 0 Å². The number of carboxylic acids is 1. The monoisotopic (exact) mass is 272 g/mol. The predicted molar refractivity (Wildman–Crippen MR) is 75.4 cm³/mol. The number of nitrogens with zero attached hydrogens (tertiary/aromatic N) is 1. The van der Waals surface area contributed by atoms with Crippen LogP contribution in [0.15, 0.2) is 0 Å². The highest BCUT2D eigenvalue weighted by atomic mass is 16.5. The molecule has 0 spiro atoms. The molecule has 5 heteroatoms. The molecule has 0 aliphatic carbocycles. The summed E-state index contributed by atoms with van der Waals surface area (Å²) < 4.78 is 5.43. The first kappa shape index (κ1) is 16.4. The summed E-state index contributed by atoms with van der Waals surface area (Å²) in [6.07, 6.45) is 0.588. The minimum absolute atomic E-state index is 0.149. The molecule has 3 atom stereocenters. The number of nitrogens with one attached hydrogen (secondary N) is 1. The Morgan fingerprint density at radius 2 is 2.16 bits per heavy atom. The van der Waals surface area contributed by atoms with Crippen LogP contribution in [-0.4, -0.2) is 59.4 Å². The van der Waals surface area contributed by atoms with Gasteiger partial charge >= 0.3 is 5.97 Å². The quantitative estimate of drug-likeness (QED) is 0.764. The van der Waals surface area contributed by atoms with E-state index in [9.17, 15) is 9.90 Å². The van der Waals surface area contributed by atoms with Gasteiger partial charge in [0.25, 0.3) is 0 Å². The highest BCUT2D eigenvalue weighted by Crippen LogP contribution is 2.21. The molecular weight excluding hydrogens is 244 g/mol. The van der Waals surface area contributed by atoms with Crippen LogP contribution in [0.25, 0.3) is 0 Å². The Morgan fingerprint density at radius 3 is 2.63 bits per heavy atom. The van der Waals surface area contributed by atoms with Gasteiger partial charge in [-0.05, 0) is 41.0 Å². The molecule has 0 bridgehead atoms. The normalized spacial score (nSPS) is 26.1. The minimum atomic E-state index is -0.883. The molecule has 1 fully saturated rings. The molecular formula is C14H28N2O3. The molecule has 112 valence electrons. The lowest BCUT2D eigenvalue weighted by atomic mass is 9.91. The third-order valence-electron chi connectivity index (χ3n) is 3.77. The van der Waals surface area contributed by atoms with Crippen LogP contribution in [0.1, 0.15) is 41.0 Å². The molecule has 0 saturated carbocycles. The van der Waals surface area contributed by atoms with Crippen LogP contribution >= 0.6 is 0 Å². The van der Waals surface area contributed by atoms with E-state index in [4.69, 9.17) is 4.74 Å². The number of aliphatic carboxylic acids is 1. The molecule has 1 aliphatic heterocycles. The molecule has 1 heterocycles. The highest BCUT2D eigenvalue weighted by Gasteiger charge is 2.37. The molecule has 0 aromatic carbocycles. The van der Waals surface area contributed by atoms with Crippen LogP contribution in [0.3, 0.4) is 0 Å². The minimum Gasteiger partial charge on any atom is -0.480 e. The summed E-state index contributed by atoms with van der Waals surface area (Å²) in [7, 11) is 0. The third-order valence-corrected chi connectivity index (χ3v) is 3.77. The zero-order chi connectivity index (χ0) is 14.6. The zero-order valence-corrected chi connectivity index (χ0v) is 12.8. The van der Waals surface area contributed by atoms with Crippen molar-refractivity contribution in [1.82, 2.24) is 10.2 Å². The van der Waals surface area contributed by atoms with Crippen molar-refractivity contribution < 1.29 is 14.6 Å². The van der Waals surface area contributed by atoms with E-state index in [-0.39, 0.29) is 12.1 Å². The van der Waals surface area contributed by atoms with Crippen LogP contribution < -0.4 is 5.32 Å². The Kier molecular flexibility index (Phi) is 5.77. The molecule has 3 unspecified atom stereocenters. The third kappa shape index (κ3) is 4.44. The first-order valence-electron chi connectivity index (χ1n) is 7.11. The Balaban J connectivity index is 2.70. The van der Waals surface area contributed by atoms with E-state index < -0.39 is 11.5 Å². The summed E-state index contributed by atoms with van der Waals surface area (Å²) in [6, 6.07) is 0.711. The number of carbonyl (C=O) groups is 1. The topological polar surface area (TPSA) is 61.8 Å². The Morgan fingerprint density at radius 1 is 1.53 bits per heavy atom. The van der Waals surface area contributed by atoms with E-state index in [0.717, 1.165) is 19.8 Å². The molecule has 2 N–H and O–H groups in total. The van der Waals surface area contributed by atoms with Gasteiger partial charge in [0, 0.05) is 24.7 Å². The second-order valence-corrected chi connectivity index (χ2v) is 6.15. The number of hydrogen-bond donors (Lipinski definition) is 2. The van der Waals surface area contributed by atoms with Crippen LogP contribution in [-0.2, 0) is 9.53 Å². The first-order chi connectivity index (χ1) is 8.76. The Labute approximate surface area is 116 Å². The van der Waals surface area contributed by atoms with E-state index in [1.165, 1.54) is 0 Å². The van der Waals surface area contributed by atoms with Crippen LogP contribution in [0, 0.1) is 0 Å². The number of hydrogen-bond acceptors (Lipinski definition) is 4. The maximum atomic E-state index is 11.6. The maximum absolute atomic E-state index is 11.6. The highest BCUT2D eigenvalue weighted by molar-refractivity contribution is 5.78. The van der Waals surface area contributed by atoms with Crippen molar-refractivity contribution in [2.45, 2.75) is 64.7 Å². The lowest BCUT2D eigenvalue weighted by Gasteiger charge is -2.41. The molecule has 1 saturated heterocycles.